The van der Waals surface area contributed by atoms with Crippen LogP contribution in [0.4, 0.5) is 0 Å². The van der Waals surface area contributed by atoms with E-state index in [0.717, 1.165) is 19.3 Å². The molecular formula is C15H24N6. The van der Waals surface area contributed by atoms with Gasteiger partial charge in [0.15, 0.2) is 0 Å². The Hall–Kier alpha value is -1.76. The summed E-state index contributed by atoms with van der Waals surface area (Å²) in [5.41, 5.74) is 13.7. The fourth-order valence-corrected chi connectivity index (χ4v) is 2.57. The van der Waals surface area contributed by atoms with Gasteiger partial charge >= 0.3 is 0 Å². The third kappa shape index (κ3) is 4.10. The summed E-state index contributed by atoms with van der Waals surface area (Å²) in [6.07, 6.45) is 4.35. The Kier molecular flexibility index (Phi) is 5.44. The molecule has 1 aliphatic carbocycles. The minimum absolute atomic E-state index is 0.144. The van der Waals surface area contributed by atoms with Crippen molar-refractivity contribution in [3.8, 4) is 0 Å². The van der Waals surface area contributed by atoms with E-state index in [4.69, 9.17) is 17.3 Å². The molecule has 1 aromatic rings. The number of amidine groups is 1. The van der Waals surface area contributed by atoms with Gasteiger partial charge in [-0.3, -0.25) is 10.8 Å². The summed E-state index contributed by atoms with van der Waals surface area (Å²) in [5, 5.41) is 1.81. The van der Waals surface area contributed by atoms with Crippen molar-refractivity contribution in [2.24, 2.45) is 27.3 Å². The largest absolute Gasteiger partial charge is 0.386 e. The molecule has 0 fully saturated rings. The molecule has 0 aromatic heterocycles. The van der Waals surface area contributed by atoms with E-state index in [1.54, 1.807) is 5.01 Å². The Balaban J connectivity index is 1.96. The summed E-state index contributed by atoms with van der Waals surface area (Å²) < 4.78 is 0. The quantitative estimate of drug-likeness (QED) is 0.316. The summed E-state index contributed by atoms with van der Waals surface area (Å²) in [6.45, 7) is 2.18. The lowest BCUT2D eigenvalue weighted by Crippen LogP contribution is -2.48. The average Bonchev–Trinajstić information content (AvgIpc) is 2.53. The van der Waals surface area contributed by atoms with Crippen LogP contribution in [0.3, 0.4) is 0 Å². The highest BCUT2D eigenvalue weighted by Crippen LogP contribution is 2.24. The topological polar surface area (TPSA) is 106 Å². The molecule has 6 N–H and O–H groups in total. The lowest BCUT2D eigenvalue weighted by Gasteiger charge is -2.34. The van der Waals surface area contributed by atoms with Gasteiger partial charge in [0, 0.05) is 6.04 Å². The number of aliphatic imine (C=N–C) groups is 2. The zero-order valence-electron chi connectivity index (χ0n) is 12.4. The van der Waals surface area contributed by atoms with Gasteiger partial charge in [0.05, 0.1) is 6.54 Å². The first-order chi connectivity index (χ1) is 10.1. The lowest BCUT2D eigenvalue weighted by molar-refractivity contribution is 0.137. The van der Waals surface area contributed by atoms with Crippen molar-refractivity contribution in [1.82, 2.24) is 5.01 Å². The number of fused-ring (bicyclic) bond motifs is 1. The highest BCUT2D eigenvalue weighted by molar-refractivity contribution is 5.88. The Bertz CT molecular complexity index is 525. The average molecular weight is 288 g/mol. The van der Waals surface area contributed by atoms with Crippen molar-refractivity contribution >= 4 is 12.2 Å². The highest BCUT2D eigenvalue weighted by atomic mass is 15.5. The first-order valence-electron chi connectivity index (χ1n) is 7.25. The molecule has 0 saturated carbocycles. The molecule has 6 heteroatoms. The molecule has 6 nitrogen and oxygen atoms in total. The number of benzene rings is 1. The van der Waals surface area contributed by atoms with Gasteiger partial charge in [-0.05, 0) is 37.3 Å². The zero-order chi connectivity index (χ0) is 15.2. The van der Waals surface area contributed by atoms with Crippen LogP contribution in [0.2, 0.25) is 0 Å². The maximum Gasteiger partial charge on any atom is 0.115 e. The molecule has 0 radical (unpaired) electrons. The SMILES string of the molecule is CC(N=CN=C(N)CN)N(N)C1CCc2ccccc2C1. The predicted octanol–water partition coefficient (Wildman–Crippen LogP) is 0.410. The fourth-order valence-electron chi connectivity index (χ4n) is 2.57. The maximum absolute atomic E-state index is 6.21. The summed E-state index contributed by atoms with van der Waals surface area (Å²) >= 11 is 0. The van der Waals surface area contributed by atoms with E-state index in [-0.39, 0.29) is 12.7 Å². The van der Waals surface area contributed by atoms with Crippen molar-refractivity contribution in [1.29, 1.82) is 0 Å². The van der Waals surface area contributed by atoms with Gasteiger partial charge in [0.2, 0.25) is 0 Å². The van der Waals surface area contributed by atoms with Crippen LogP contribution < -0.4 is 17.3 Å². The number of nitrogens with zero attached hydrogens (tertiary/aromatic N) is 3. The van der Waals surface area contributed by atoms with Gasteiger partial charge < -0.3 is 11.5 Å². The molecule has 1 aromatic carbocycles. The zero-order valence-corrected chi connectivity index (χ0v) is 12.4. The summed E-state index contributed by atoms with van der Waals surface area (Å²) in [5.74, 6) is 6.58. The minimum Gasteiger partial charge on any atom is -0.386 e. The molecule has 0 heterocycles. The van der Waals surface area contributed by atoms with Gasteiger partial charge in [0.1, 0.15) is 18.3 Å². The van der Waals surface area contributed by atoms with E-state index >= 15 is 0 Å². The molecule has 114 valence electrons. The number of aryl methyl sites for hydroxylation is 1. The van der Waals surface area contributed by atoms with Crippen LogP contribution in [0.5, 0.6) is 0 Å². The van der Waals surface area contributed by atoms with E-state index in [1.807, 2.05) is 6.92 Å². The molecule has 0 spiro atoms. The highest BCUT2D eigenvalue weighted by Gasteiger charge is 2.24. The number of hydrazine groups is 1. The number of hydrogen-bond donors (Lipinski definition) is 3. The van der Waals surface area contributed by atoms with Crippen LogP contribution in [0.1, 0.15) is 24.5 Å². The second kappa shape index (κ2) is 7.31. The smallest absolute Gasteiger partial charge is 0.115 e. The minimum atomic E-state index is -0.144. The van der Waals surface area contributed by atoms with Gasteiger partial charge in [0.25, 0.3) is 0 Å². The normalized spacial score (nSPS) is 20.8. The molecule has 2 atom stereocenters. The van der Waals surface area contributed by atoms with E-state index in [9.17, 15) is 0 Å². The van der Waals surface area contributed by atoms with E-state index in [2.05, 4.69) is 34.3 Å². The molecule has 0 aliphatic heterocycles. The maximum atomic E-state index is 6.21. The third-order valence-electron chi connectivity index (χ3n) is 3.89. The van der Waals surface area contributed by atoms with Gasteiger partial charge in [-0.2, -0.15) is 0 Å². The second-order valence-electron chi connectivity index (χ2n) is 5.33. The number of hydrogen-bond acceptors (Lipinski definition) is 4. The Morgan fingerprint density at radius 3 is 2.86 bits per heavy atom. The predicted molar refractivity (Wildman–Crippen MR) is 86.9 cm³/mol. The van der Waals surface area contributed by atoms with Gasteiger partial charge in [-0.15, -0.1) is 0 Å². The van der Waals surface area contributed by atoms with E-state index in [1.165, 1.54) is 17.5 Å². The molecule has 2 rings (SSSR count). The standard InChI is InChI=1S/C15H24N6/c1-11(19-10-20-15(17)9-16)21(18)14-7-6-12-4-2-3-5-13(12)8-14/h2-5,10-11,14H,6-9,16,18H2,1H3,(H2,17,19,20). The molecule has 21 heavy (non-hydrogen) atoms. The van der Waals surface area contributed by atoms with Crippen molar-refractivity contribution in [2.45, 2.75) is 38.4 Å². The molecule has 0 bridgehead atoms. The van der Waals surface area contributed by atoms with Crippen LogP contribution in [-0.2, 0) is 12.8 Å². The Morgan fingerprint density at radius 1 is 1.43 bits per heavy atom. The summed E-state index contributed by atoms with van der Waals surface area (Å²) in [7, 11) is 0. The lowest BCUT2D eigenvalue weighted by atomic mass is 9.88. The number of nitrogens with two attached hydrogens (primary N) is 3. The first kappa shape index (κ1) is 15.6. The summed E-state index contributed by atoms with van der Waals surface area (Å²) in [6, 6.07) is 8.83. The van der Waals surface area contributed by atoms with E-state index in [0.29, 0.717) is 11.9 Å². The summed E-state index contributed by atoms with van der Waals surface area (Å²) in [4.78, 5) is 8.24. The van der Waals surface area contributed by atoms with Gasteiger partial charge in [-0.1, -0.05) is 24.3 Å². The molecule has 0 saturated heterocycles. The monoisotopic (exact) mass is 288 g/mol. The first-order valence-corrected chi connectivity index (χ1v) is 7.25. The van der Waals surface area contributed by atoms with Crippen LogP contribution in [0.15, 0.2) is 34.3 Å². The van der Waals surface area contributed by atoms with Crippen molar-refractivity contribution in [3.05, 3.63) is 35.4 Å². The molecule has 1 aliphatic rings. The van der Waals surface area contributed by atoms with Crippen LogP contribution in [0, 0.1) is 0 Å². The van der Waals surface area contributed by atoms with E-state index < -0.39 is 0 Å². The Labute approximate surface area is 125 Å². The molecule has 0 amide bonds. The van der Waals surface area contributed by atoms with Gasteiger partial charge in [-0.25, -0.2) is 10.0 Å². The van der Waals surface area contributed by atoms with Crippen molar-refractivity contribution in [3.63, 3.8) is 0 Å². The van der Waals surface area contributed by atoms with Crippen LogP contribution >= 0.6 is 0 Å². The van der Waals surface area contributed by atoms with Crippen LogP contribution in [-0.4, -0.2) is 35.9 Å². The number of rotatable bonds is 5. The Morgan fingerprint density at radius 2 is 2.14 bits per heavy atom. The van der Waals surface area contributed by atoms with Crippen LogP contribution in [0.25, 0.3) is 0 Å². The molecule has 2 unspecified atom stereocenters. The van der Waals surface area contributed by atoms with Crippen molar-refractivity contribution in [2.75, 3.05) is 6.54 Å². The van der Waals surface area contributed by atoms with Crippen molar-refractivity contribution < 1.29 is 0 Å². The second-order valence-corrected chi connectivity index (χ2v) is 5.33. The molecular weight excluding hydrogens is 264 g/mol. The third-order valence-corrected chi connectivity index (χ3v) is 3.89. The fraction of sp³-hybridized carbons (Fsp3) is 0.467.